The van der Waals surface area contributed by atoms with E-state index in [4.69, 9.17) is 4.74 Å². The van der Waals surface area contributed by atoms with Crippen molar-refractivity contribution in [3.63, 3.8) is 0 Å². The van der Waals surface area contributed by atoms with Gasteiger partial charge in [0.15, 0.2) is 0 Å². The lowest BCUT2D eigenvalue weighted by molar-refractivity contribution is 0.306. The van der Waals surface area contributed by atoms with Gasteiger partial charge in [0.2, 0.25) is 0 Å². The van der Waals surface area contributed by atoms with Gasteiger partial charge < -0.3 is 4.74 Å². The molecular formula is C12H14N2O. The number of aromatic nitrogens is 2. The van der Waals surface area contributed by atoms with E-state index in [9.17, 15) is 0 Å². The summed E-state index contributed by atoms with van der Waals surface area (Å²) in [6.45, 7) is 2.63. The number of ether oxygens (including phenoxy) is 1. The van der Waals surface area contributed by atoms with Gasteiger partial charge in [-0.05, 0) is 19.1 Å². The van der Waals surface area contributed by atoms with Crippen LogP contribution in [0.25, 0.3) is 0 Å². The molecule has 0 saturated carbocycles. The fraction of sp³-hybridized carbons (Fsp3) is 0.250. The van der Waals surface area contributed by atoms with Gasteiger partial charge in [0.25, 0.3) is 0 Å². The van der Waals surface area contributed by atoms with Crippen molar-refractivity contribution in [1.82, 2.24) is 9.78 Å². The quantitative estimate of drug-likeness (QED) is 0.763. The minimum Gasteiger partial charge on any atom is -0.489 e. The predicted molar refractivity (Wildman–Crippen MR) is 58.7 cm³/mol. The van der Waals surface area contributed by atoms with Gasteiger partial charge in [0.05, 0.1) is 6.20 Å². The van der Waals surface area contributed by atoms with Crippen LogP contribution in [0.2, 0.25) is 0 Å². The highest BCUT2D eigenvalue weighted by Gasteiger charge is 1.97. The molecule has 2 aromatic rings. The first-order valence-corrected chi connectivity index (χ1v) is 4.91. The highest BCUT2D eigenvalue weighted by atomic mass is 16.5. The topological polar surface area (TPSA) is 27.1 Å². The fourth-order valence-electron chi connectivity index (χ4n) is 1.35. The summed E-state index contributed by atoms with van der Waals surface area (Å²) in [4.78, 5) is 0. The molecule has 0 saturated heterocycles. The third-order valence-corrected chi connectivity index (χ3v) is 2.18. The minimum absolute atomic E-state index is 0.566. The van der Waals surface area contributed by atoms with E-state index < -0.39 is 0 Å². The van der Waals surface area contributed by atoms with Crippen LogP contribution in [0.3, 0.4) is 0 Å². The SMILES string of the molecule is Cc1ccc(OCc2cnn(C)c2)cc1. The lowest BCUT2D eigenvalue weighted by Crippen LogP contribution is -1.93. The highest BCUT2D eigenvalue weighted by molar-refractivity contribution is 5.26. The molecule has 2 rings (SSSR count). The zero-order chi connectivity index (χ0) is 10.7. The molecule has 1 heterocycles. The highest BCUT2D eigenvalue weighted by Crippen LogP contribution is 2.13. The lowest BCUT2D eigenvalue weighted by atomic mass is 10.2. The van der Waals surface area contributed by atoms with Crippen LogP contribution in [0.15, 0.2) is 36.7 Å². The molecule has 1 aromatic heterocycles. The Kier molecular flexibility index (Phi) is 2.72. The standard InChI is InChI=1S/C12H14N2O/c1-10-3-5-12(6-4-10)15-9-11-7-13-14(2)8-11/h3-8H,9H2,1-2H3. The van der Waals surface area contributed by atoms with E-state index in [-0.39, 0.29) is 0 Å². The summed E-state index contributed by atoms with van der Waals surface area (Å²) < 4.78 is 7.38. The van der Waals surface area contributed by atoms with E-state index in [0.717, 1.165) is 11.3 Å². The molecule has 1 aromatic carbocycles. The van der Waals surface area contributed by atoms with Crippen molar-refractivity contribution in [2.24, 2.45) is 7.05 Å². The molecule has 3 heteroatoms. The lowest BCUT2D eigenvalue weighted by Gasteiger charge is -2.04. The van der Waals surface area contributed by atoms with Crippen molar-refractivity contribution >= 4 is 0 Å². The monoisotopic (exact) mass is 202 g/mol. The molecule has 0 radical (unpaired) electrons. The van der Waals surface area contributed by atoms with Crippen molar-refractivity contribution in [2.75, 3.05) is 0 Å². The maximum absolute atomic E-state index is 5.61. The second-order valence-corrected chi connectivity index (χ2v) is 3.62. The molecule has 0 bridgehead atoms. The molecule has 0 fully saturated rings. The van der Waals surface area contributed by atoms with Gasteiger partial charge in [-0.2, -0.15) is 5.10 Å². The number of nitrogens with zero attached hydrogens (tertiary/aromatic N) is 2. The van der Waals surface area contributed by atoms with Gasteiger partial charge in [0, 0.05) is 18.8 Å². The second kappa shape index (κ2) is 4.17. The van der Waals surface area contributed by atoms with E-state index in [0.29, 0.717) is 6.61 Å². The van der Waals surface area contributed by atoms with E-state index in [1.54, 1.807) is 4.68 Å². The fourth-order valence-corrected chi connectivity index (χ4v) is 1.35. The second-order valence-electron chi connectivity index (χ2n) is 3.62. The van der Waals surface area contributed by atoms with E-state index in [2.05, 4.69) is 12.0 Å². The summed E-state index contributed by atoms with van der Waals surface area (Å²) in [5.74, 6) is 0.893. The van der Waals surface area contributed by atoms with Crippen LogP contribution in [0.4, 0.5) is 0 Å². The first-order chi connectivity index (χ1) is 7.24. The minimum atomic E-state index is 0.566. The first kappa shape index (κ1) is 9.77. The number of benzene rings is 1. The van der Waals surface area contributed by atoms with E-state index >= 15 is 0 Å². The van der Waals surface area contributed by atoms with Gasteiger partial charge in [-0.25, -0.2) is 0 Å². The average molecular weight is 202 g/mol. The van der Waals surface area contributed by atoms with E-state index in [1.165, 1.54) is 5.56 Å². The van der Waals surface area contributed by atoms with Crippen LogP contribution in [0.5, 0.6) is 5.75 Å². The zero-order valence-electron chi connectivity index (χ0n) is 8.97. The van der Waals surface area contributed by atoms with Gasteiger partial charge in [-0.1, -0.05) is 17.7 Å². The third-order valence-electron chi connectivity index (χ3n) is 2.18. The normalized spacial score (nSPS) is 10.3. The Balaban J connectivity index is 1.96. The number of hydrogen-bond acceptors (Lipinski definition) is 2. The predicted octanol–water partition coefficient (Wildman–Crippen LogP) is 2.31. The number of aryl methyl sites for hydroxylation is 2. The van der Waals surface area contributed by atoms with Crippen LogP contribution in [-0.4, -0.2) is 9.78 Å². The molecule has 0 aliphatic carbocycles. The van der Waals surface area contributed by atoms with Crippen LogP contribution in [0, 0.1) is 6.92 Å². The molecule has 0 N–H and O–H groups in total. The Labute approximate surface area is 89.3 Å². The van der Waals surface area contributed by atoms with Crippen molar-refractivity contribution in [3.05, 3.63) is 47.8 Å². The summed E-state index contributed by atoms with van der Waals surface area (Å²) >= 11 is 0. The smallest absolute Gasteiger partial charge is 0.119 e. The molecule has 0 amide bonds. The molecule has 3 nitrogen and oxygen atoms in total. The van der Waals surface area contributed by atoms with Gasteiger partial charge in [-0.15, -0.1) is 0 Å². The van der Waals surface area contributed by atoms with Crippen LogP contribution < -0.4 is 4.74 Å². The largest absolute Gasteiger partial charge is 0.489 e. The number of hydrogen-bond donors (Lipinski definition) is 0. The van der Waals surface area contributed by atoms with Crippen molar-refractivity contribution < 1.29 is 4.74 Å². The zero-order valence-corrected chi connectivity index (χ0v) is 8.97. The first-order valence-electron chi connectivity index (χ1n) is 4.91. The Morgan fingerprint density at radius 3 is 2.60 bits per heavy atom. The van der Waals surface area contributed by atoms with Crippen LogP contribution in [0.1, 0.15) is 11.1 Å². The van der Waals surface area contributed by atoms with Crippen molar-refractivity contribution in [1.29, 1.82) is 0 Å². The number of rotatable bonds is 3. The molecule has 0 aliphatic heterocycles. The van der Waals surface area contributed by atoms with Gasteiger partial charge in [-0.3, -0.25) is 4.68 Å². The van der Waals surface area contributed by atoms with Gasteiger partial charge >= 0.3 is 0 Å². The molecule has 0 unspecified atom stereocenters. The Hall–Kier alpha value is -1.77. The summed E-state index contributed by atoms with van der Waals surface area (Å²) in [7, 11) is 1.90. The molecule has 15 heavy (non-hydrogen) atoms. The summed E-state index contributed by atoms with van der Waals surface area (Å²) in [6.07, 6.45) is 3.77. The van der Waals surface area contributed by atoms with Crippen LogP contribution >= 0.6 is 0 Å². The summed E-state index contributed by atoms with van der Waals surface area (Å²) in [5, 5.41) is 4.08. The molecule has 0 aliphatic rings. The average Bonchev–Trinajstić information content (AvgIpc) is 2.64. The molecule has 0 spiro atoms. The molecular weight excluding hydrogens is 188 g/mol. The Bertz CT molecular complexity index is 431. The molecule has 78 valence electrons. The Morgan fingerprint density at radius 1 is 1.27 bits per heavy atom. The Morgan fingerprint density at radius 2 is 2.00 bits per heavy atom. The maximum atomic E-state index is 5.61. The van der Waals surface area contributed by atoms with Crippen molar-refractivity contribution in [2.45, 2.75) is 13.5 Å². The summed E-state index contributed by atoms with van der Waals surface area (Å²) in [5.41, 5.74) is 2.32. The third kappa shape index (κ3) is 2.59. The van der Waals surface area contributed by atoms with Crippen LogP contribution in [-0.2, 0) is 13.7 Å². The summed E-state index contributed by atoms with van der Waals surface area (Å²) in [6, 6.07) is 8.04. The molecule has 0 atom stereocenters. The maximum Gasteiger partial charge on any atom is 0.119 e. The van der Waals surface area contributed by atoms with Gasteiger partial charge in [0.1, 0.15) is 12.4 Å². The van der Waals surface area contributed by atoms with Crippen molar-refractivity contribution in [3.8, 4) is 5.75 Å². The van der Waals surface area contributed by atoms with E-state index in [1.807, 2.05) is 43.7 Å².